The average Bonchev–Trinajstić information content (AvgIpc) is 3.38. The maximum Gasteiger partial charge on any atom is 0.416 e. The van der Waals surface area contributed by atoms with Crippen LogP contribution in [0.5, 0.6) is 0 Å². The molecule has 0 saturated carbocycles. The van der Waals surface area contributed by atoms with Gasteiger partial charge >= 0.3 is 6.18 Å². The van der Waals surface area contributed by atoms with Gasteiger partial charge in [0, 0.05) is 44.8 Å². The van der Waals surface area contributed by atoms with E-state index in [4.69, 9.17) is 4.74 Å². The number of hydrogen-bond donors (Lipinski definition) is 0. The Bertz CT molecular complexity index is 686. The van der Waals surface area contributed by atoms with E-state index in [-0.39, 0.29) is 17.7 Å². The zero-order chi connectivity index (χ0) is 19.7. The summed E-state index contributed by atoms with van der Waals surface area (Å²) in [5, 5.41) is 0. The van der Waals surface area contributed by atoms with Gasteiger partial charge in [0.15, 0.2) is 0 Å². The molecular formula is C21H27F3N2O2. The molecule has 0 bridgehead atoms. The number of nitrogens with zero attached hydrogens (tertiary/aromatic N) is 2. The molecule has 3 aliphatic heterocycles. The minimum absolute atomic E-state index is 0.0502. The first kappa shape index (κ1) is 19.7. The van der Waals surface area contributed by atoms with Crippen molar-refractivity contribution in [1.29, 1.82) is 0 Å². The van der Waals surface area contributed by atoms with Gasteiger partial charge in [-0.15, -0.1) is 0 Å². The van der Waals surface area contributed by atoms with E-state index < -0.39 is 11.7 Å². The maximum absolute atomic E-state index is 13.0. The zero-order valence-electron chi connectivity index (χ0n) is 16.0. The van der Waals surface area contributed by atoms with Crippen molar-refractivity contribution in [2.45, 2.75) is 43.8 Å². The van der Waals surface area contributed by atoms with Gasteiger partial charge in [-0.25, -0.2) is 0 Å². The van der Waals surface area contributed by atoms with Crippen LogP contribution in [-0.4, -0.2) is 61.1 Å². The van der Waals surface area contributed by atoms with Gasteiger partial charge < -0.3 is 9.64 Å². The average molecular weight is 396 g/mol. The molecule has 2 unspecified atom stereocenters. The van der Waals surface area contributed by atoms with Crippen molar-refractivity contribution in [3.63, 3.8) is 0 Å². The second-order valence-electron chi connectivity index (χ2n) is 8.21. The number of alkyl halides is 3. The van der Waals surface area contributed by atoms with Crippen molar-refractivity contribution < 1.29 is 22.7 Å². The van der Waals surface area contributed by atoms with Gasteiger partial charge in [-0.05, 0) is 49.9 Å². The summed E-state index contributed by atoms with van der Waals surface area (Å²) in [6.45, 7) is 4.71. The highest BCUT2D eigenvalue weighted by Gasteiger charge is 2.37. The second kappa shape index (κ2) is 8.03. The SMILES string of the molecule is O=C(C1CCN(C2CCOCC2)C1)N1CCC(c2ccc(C(F)(F)F)cc2)C1. The van der Waals surface area contributed by atoms with E-state index >= 15 is 0 Å². The van der Waals surface area contributed by atoms with Crippen molar-refractivity contribution in [2.75, 3.05) is 39.4 Å². The third kappa shape index (κ3) is 4.20. The Morgan fingerprint density at radius 1 is 0.964 bits per heavy atom. The highest BCUT2D eigenvalue weighted by Crippen LogP contribution is 2.34. The summed E-state index contributed by atoms with van der Waals surface area (Å²) in [6, 6.07) is 5.93. The fourth-order valence-electron chi connectivity index (χ4n) is 4.81. The van der Waals surface area contributed by atoms with Crippen molar-refractivity contribution in [3.8, 4) is 0 Å². The first-order chi connectivity index (χ1) is 13.4. The van der Waals surface area contributed by atoms with Crippen LogP contribution in [0.25, 0.3) is 0 Å². The fourth-order valence-corrected chi connectivity index (χ4v) is 4.81. The smallest absolute Gasteiger partial charge is 0.381 e. The molecule has 1 amide bonds. The number of halogens is 3. The van der Waals surface area contributed by atoms with Crippen LogP contribution in [0.1, 0.15) is 42.7 Å². The molecule has 1 aromatic rings. The molecule has 154 valence electrons. The highest BCUT2D eigenvalue weighted by atomic mass is 19.4. The van der Waals surface area contributed by atoms with Crippen LogP contribution in [0.3, 0.4) is 0 Å². The summed E-state index contributed by atoms with van der Waals surface area (Å²) < 4.78 is 43.6. The lowest BCUT2D eigenvalue weighted by atomic mass is 9.97. The third-order valence-corrected chi connectivity index (χ3v) is 6.49. The standard InChI is InChI=1S/C21H27F3N2O2/c22-21(23,24)18-3-1-15(2-4-18)16-5-10-26(13-16)20(27)17-6-9-25(14-17)19-7-11-28-12-8-19/h1-4,16-17,19H,5-14H2. The fraction of sp³-hybridized carbons (Fsp3) is 0.667. The minimum atomic E-state index is -4.31. The van der Waals surface area contributed by atoms with Crippen LogP contribution < -0.4 is 0 Å². The largest absolute Gasteiger partial charge is 0.416 e. The van der Waals surface area contributed by atoms with Crippen LogP contribution in [-0.2, 0) is 15.7 Å². The Morgan fingerprint density at radius 3 is 2.36 bits per heavy atom. The normalized spacial score (nSPS) is 27.5. The van der Waals surface area contributed by atoms with Crippen molar-refractivity contribution in [1.82, 2.24) is 9.80 Å². The summed E-state index contributed by atoms with van der Waals surface area (Å²) in [5.74, 6) is 0.386. The molecular weight excluding hydrogens is 369 g/mol. The number of hydrogen-bond acceptors (Lipinski definition) is 3. The summed E-state index contributed by atoms with van der Waals surface area (Å²) in [7, 11) is 0. The molecule has 4 rings (SSSR count). The molecule has 3 heterocycles. The van der Waals surface area contributed by atoms with Crippen molar-refractivity contribution >= 4 is 5.91 Å². The number of carbonyl (C=O) groups excluding carboxylic acids is 1. The third-order valence-electron chi connectivity index (χ3n) is 6.49. The molecule has 0 radical (unpaired) electrons. The molecule has 7 heteroatoms. The Hall–Kier alpha value is -1.60. The van der Waals surface area contributed by atoms with Gasteiger partial charge in [0.05, 0.1) is 11.5 Å². The first-order valence-electron chi connectivity index (χ1n) is 10.2. The van der Waals surface area contributed by atoms with E-state index in [0.717, 1.165) is 69.7 Å². The predicted molar refractivity (Wildman–Crippen MR) is 98.9 cm³/mol. The summed E-state index contributed by atoms with van der Waals surface area (Å²) >= 11 is 0. The van der Waals surface area contributed by atoms with E-state index in [9.17, 15) is 18.0 Å². The Balaban J connectivity index is 1.32. The number of benzene rings is 1. The topological polar surface area (TPSA) is 32.8 Å². The lowest BCUT2D eigenvalue weighted by Gasteiger charge is -2.31. The number of carbonyl (C=O) groups is 1. The number of likely N-dealkylation sites (tertiary alicyclic amines) is 2. The second-order valence-corrected chi connectivity index (χ2v) is 8.21. The Labute approximate surface area is 163 Å². The zero-order valence-corrected chi connectivity index (χ0v) is 16.0. The summed E-state index contributed by atoms with van der Waals surface area (Å²) in [4.78, 5) is 17.3. The molecule has 1 aromatic carbocycles. The van der Waals surface area contributed by atoms with Gasteiger partial charge in [-0.3, -0.25) is 9.69 Å². The number of amides is 1. The van der Waals surface area contributed by atoms with Crippen LogP contribution in [0, 0.1) is 5.92 Å². The first-order valence-corrected chi connectivity index (χ1v) is 10.2. The van der Waals surface area contributed by atoms with Crippen molar-refractivity contribution in [2.24, 2.45) is 5.92 Å². The van der Waals surface area contributed by atoms with E-state index in [1.807, 2.05) is 4.90 Å². The number of ether oxygens (including phenoxy) is 1. The molecule has 3 aliphatic rings. The molecule has 0 aliphatic carbocycles. The summed E-state index contributed by atoms with van der Waals surface area (Å²) in [6.07, 6.45) is -0.513. The molecule has 2 atom stereocenters. The van der Waals surface area contributed by atoms with E-state index in [0.29, 0.717) is 19.1 Å². The predicted octanol–water partition coefficient (Wildman–Crippen LogP) is 3.52. The lowest BCUT2D eigenvalue weighted by Crippen LogP contribution is -2.40. The molecule has 28 heavy (non-hydrogen) atoms. The molecule has 3 saturated heterocycles. The number of rotatable bonds is 3. The van der Waals surface area contributed by atoms with Gasteiger partial charge in [-0.1, -0.05) is 12.1 Å². The molecule has 0 N–H and O–H groups in total. The van der Waals surface area contributed by atoms with Crippen LogP contribution >= 0.6 is 0 Å². The quantitative estimate of drug-likeness (QED) is 0.784. The van der Waals surface area contributed by atoms with Gasteiger partial charge in [0.1, 0.15) is 0 Å². The molecule has 0 spiro atoms. The molecule has 3 fully saturated rings. The van der Waals surface area contributed by atoms with E-state index in [1.54, 1.807) is 12.1 Å². The van der Waals surface area contributed by atoms with E-state index in [1.165, 1.54) is 0 Å². The van der Waals surface area contributed by atoms with Crippen LogP contribution in [0.15, 0.2) is 24.3 Å². The Morgan fingerprint density at radius 2 is 1.68 bits per heavy atom. The lowest BCUT2D eigenvalue weighted by molar-refractivity contribution is -0.137. The maximum atomic E-state index is 13.0. The summed E-state index contributed by atoms with van der Waals surface area (Å²) in [5.41, 5.74) is 0.264. The highest BCUT2D eigenvalue weighted by molar-refractivity contribution is 5.79. The van der Waals surface area contributed by atoms with Gasteiger partial charge in [-0.2, -0.15) is 13.2 Å². The molecule has 4 nitrogen and oxygen atoms in total. The van der Waals surface area contributed by atoms with Gasteiger partial charge in [0.2, 0.25) is 5.91 Å². The monoisotopic (exact) mass is 396 g/mol. The van der Waals surface area contributed by atoms with E-state index in [2.05, 4.69) is 4.90 Å². The Kier molecular flexibility index (Phi) is 5.65. The van der Waals surface area contributed by atoms with Gasteiger partial charge in [0.25, 0.3) is 0 Å². The van der Waals surface area contributed by atoms with Crippen LogP contribution in [0.2, 0.25) is 0 Å². The minimum Gasteiger partial charge on any atom is -0.381 e. The molecule has 0 aromatic heterocycles. The van der Waals surface area contributed by atoms with Crippen molar-refractivity contribution in [3.05, 3.63) is 35.4 Å². The van der Waals surface area contributed by atoms with Crippen LogP contribution in [0.4, 0.5) is 13.2 Å².